The van der Waals surface area contributed by atoms with E-state index in [4.69, 9.17) is 16.3 Å². The molecule has 6 nitrogen and oxygen atoms in total. The smallest absolute Gasteiger partial charge is 0.337 e. The Morgan fingerprint density at radius 1 is 1.03 bits per heavy atom. The van der Waals surface area contributed by atoms with Gasteiger partial charge in [-0.1, -0.05) is 41.9 Å². The molecule has 4 aromatic rings. The fourth-order valence-corrected chi connectivity index (χ4v) is 3.61. The van der Waals surface area contributed by atoms with Crippen molar-refractivity contribution in [3.05, 3.63) is 100 Å². The average molecular weight is 447 g/mol. The van der Waals surface area contributed by atoms with Crippen LogP contribution in [0.3, 0.4) is 0 Å². The quantitative estimate of drug-likeness (QED) is 0.395. The van der Waals surface area contributed by atoms with Crippen LogP contribution in [0.25, 0.3) is 10.9 Å². The summed E-state index contributed by atoms with van der Waals surface area (Å²) >= 11 is 5.96. The maximum atomic E-state index is 12.8. The molecule has 3 aromatic carbocycles. The average Bonchev–Trinajstić information content (AvgIpc) is 2.79. The predicted octanol–water partition coefficient (Wildman–Crippen LogP) is 5.73. The summed E-state index contributed by atoms with van der Waals surface area (Å²) in [6, 6.07) is 21.3. The van der Waals surface area contributed by atoms with E-state index in [0.29, 0.717) is 16.9 Å². The number of carbonyl (C=O) groups excluding carboxylic acids is 1. The number of nitrogens with zero attached hydrogens (tertiary/aromatic N) is 1. The van der Waals surface area contributed by atoms with Gasteiger partial charge in [0.25, 0.3) is 5.91 Å². The van der Waals surface area contributed by atoms with Crippen LogP contribution in [0.4, 0.5) is 5.69 Å². The van der Waals surface area contributed by atoms with Gasteiger partial charge in [-0.3, -0.25) is 4.79 Å². The highest BCUT2D eigenvalue weighted by Gasteiger charge is 2.17. The number of carboxylic acid groups (broad SMARTS) is 1. The summed E-state index contributed by atoms with van der Waals surface area (Å²) in [4.78, 5) is 28.9. The number of pyridine rings is 1. The van der Waals surface area contributed by atoms with Gasteiger partial charge in [0.05, 0.1) is 22.5 Å². The molecule has 1 aromatic heterocycles. The topological polar surface area (TPSA) is 88.5 Å². The van der Waals surface area contributed by atoms with Crippen LogP contribution in [0, 0.1) is 6.92 Å². The molecule has 160 valence electrons. The number of carbonyl (C=O) groups is 2. The number of halogens is 1. The van der Waals surface area contributed by atoms with Crippen LogP contribution in [0.15, 0.2) is 72.8 Å². The van der Waals surface area contributed by atoms with Gasteiger partial charge in [-0.25, -0.2) is 9.78 Å². The zero-order valence-corrected chi connectivity index (χ0v) is 17.9. The summed E-state index contributed by atoms with van der Waals surface area (Å²) in [5.74, 6) is -1.13. The first kappa shape index (κ1) is 21.3. The highest BCUT2D eigenvalue weighted by Crippen LogP contribution is 2.27. The number of aromatic carboxylic acids is 1. The van der Waals surface area contributed by atoms with Crippen LogP contribution in [-0.4, -0.2) is 22.0 Å². The van der Waals surface area contributed by atoms with E-state index in [1.165, 1.54) is 6.07 Å². The van der Waals surface area contributed by atoms with E-state index in [9.17, 15) is 14.7 Å². The van der Waals surface area contributed by atoms with E-state index < -0.39 is 11.9 Å². The Labute approximate surface area is 189 Å². The Kier molecular flexibility index (Phi) is 6.05. The Balaban J connectivity index is 1.50. The molecule has 1 heterocycles. The van der Waals surface area contributed by atoms with Crippen molar-refractivity contribution >= 4 is 40.1 Å². The number of anilines is 1. The van der Waals surface area contributed by atoms with Crippen molar-refractivity contribution < 1.29 is 19.4 Å². The molecule has 2 N–H and O–H groups in total. The van der Waals surface area contributed by atoms with E-state index in [0.717, 1.165) is 16.6 Å². The number of aryl methyl sites for hydroxylation is 1. The zero-order valence-electron chi connectivity index (χ0n) is 17.1. The van der Waals surface area contributed by atoms with Gasteiger partial charge in [-0.05, 0) is 55.0 Å². The normalized spacial score (nSPS) is 10.7. The molecule has 0 unspecified atom stereocenters. The van der Waals surface area contributed by atoms with Crippen LogP contribution >= 0.6 is 11.6 Å². The van der Waals surface area contributed by atoms with Gasteiger partial charge in [0.2, 0.25) is 0 Å². The van der Waals surface area contributed by atoms with Crippen LogP contribution in [0.2, 0.25) is 5.02 Å². The Morgan fingerprint density at radius 3 is 2.66 bits per heavy atom. The van der Waals surface area contributed by atoms with Crippen LogP contribution < -0.4 is 10.1 Å². The second kappa shape index (κ2) is 9.08. The molecule has 0 fully saturated rings. The van der Waals surface area contributed by atoms with Crippen molar-refractivity contribution in [2.24, 2.45) is 0 Å². The molecule has 0 atom stereocenters. The standard InChI is InChI=1S/C25H19ClN2O4/c1-15-11-18(26)13-21(25(30)31)23(15)28-24(29)17-6-4-7-20(12-17)32-14-19-10-9-16-5-2-3-8-22(16)27-19/h2-13H,14H2,1H3,(H,28,29)(H,30,31). The van der Waals surface area contributed by atoms with Crippen molar-refractivity contribution in [3.8, 4) is 5.75 Å². The van der Waals surface area contributed by atoms with E-state index in [1.54, 1.807) is 37.3 Å². The maximum Gasteiger partial charge on any atom is 0.337 e. The number of hydrogen-bond donors (Lipinski definition) is 2. The molecule has 4 rings (SSSR count). The van der Waals surface area contributed by atoms with Crippen molar-refractivity contribution in [3.63, 3.8) is 0 Å². The zero-order chi connectivity index (χ0) is 22.7. The van der Waals surface area contributed by atoms with Crippen molar-refractivity contribution in [1.82, 2.24) is 4.98 Å². The number of ether oxygens (including phenoxy) is 1. The van der Waals surface area contributed by atoms with Gasteiger partial charge in [-0.2, -0.15) is 0 Å². The first-order chi connectivity index (χ1) is 15.4. The lowest BCUT2D eigenvalue weighted by atomic mass is 10.1. The number of amides is 1. The third-order valence-electron chi connectivity index (χ3n) is 4.91. The molecule has 7 heteroatoms. The van der Waals surface area contributed by atoms with E-state index in [1.807, 2.05) is 36.4 Å². The first-order valence-electron chi connectivity index (χ1n) is 9.83. The molecular weight excluding hydrogens is 428 g/mol. The van der Waals surface area contributed by atoms with E-state index in [2.05, 4.69) is 10.3 Å². The summed E-state index contributed by atoms with van der Waals surface area (Å²) in [5.41, 5.74) is 2.67. The minimum atomic E-state index is -1.18. The summed E-state index contributed by atoms with van der Waals surface area (Å²) in [6.07, 6.45) is 0. The number of fused-ring (bicyclic) bond motifs is 1. The van der Waals surface area contributed by atoms with Crippen LogP contribution in [0.5, 0.6) is 5.75 Å². The lowest BCUT2D eigenvalue weighted by Gasteiger charge is -2.13. The highest BCUT2D eigenvalue weighted by atomic mass is 35.5. The molecule has 0 radical (unpaired) electrons. The summed E-state index contributed by atoms with van der Waals surface area (Å²) < 4.78 is 5.83. The molecule has 0 aliphatic carbocycles. The third-order valence-corrected chi connectivity index (χ3v) is 5.13. The number of rotatable bonds is 6. The molecule has 0 aliphatic heterocycles. The van der Waals surface area contributed by atoms with E-state index in [-0.39, 0.29) is 22.9 Å². The minimum absolute atomic E-state index is 0.0712. The summed E-state index contributed by atoms with van der Waals surface area (Å²) in [5, 5.41) is 13.5. The fraction of sp³-hybridized carbons (Fsp3) is 0.0800. The van der Waals surface area contributed by atoms with Gasteiger partial charge < -0.3 is 15.2 Å². The Bertz CT molecular complexity index is 1340. The second-order valence-electron chi connectivity index (χ2n) is 7.22. The number of carboxylic acids is 1. The van der Waals surface area contributed by atoms with Gasteiger partial charge in [-0.15, -0.1) is 0 Å². The largest absolute Gasteiger partial charge is 0.487 e. The number of aromatic nitrogens is 1. The fourth-order valence-electron chi connectivity index (χ4n) is 3.34. The summed E-state index contributed by atoms with van der Waals surface area (Å²) in [7, 11) is 0. The van der Waals surface area contributed by atoms with Gasteiger partial charge in [0.15, 0.2) is 0 Å². The molecule has 0 saturated heterocycles. The monoisotopic (exact) mass is 446 g/mol. The van der Waals surface area contributed by atoms with Crippen molar-refractivity contribution in [2.75, 3.05) is 5.32 Å². The molecule has 0 spiro atoms. The first-order valence-corrected chi connectivity index (χ1v) is 10.2. The van der Waals surface area contributed by atoms with Gasteiger partial charge >= 0.3 is 5.97 Å². The van der Waals surface area contributed by atoms with Crippen molar-refractivity contribution in [2.45, 2.75) is 13.5 Å². The lowest BCUT2D eigenvalue weighted by molar-refractivity contribution is 0.0698. The summed E-state index contributed by atoms with van der Waals surface area (Å²) in [6.45, 7) is 1.93. The van der Waals surface area contributed by atoms with E-state index >= 15 is 0 Å². The Hall–Kier alpha value is -3.90. The number of hydrogen-bond acceptors (Lipinski definition) is 4. The molecule has 32 heavy (non-hydrogen) atoms. The highest BCUT2D eigenvalue weighted by molar-refractivity contribution is 6.31. The Morgan fingerprint density at radius 2 is 1.84 bits per heavy atom. The van der Waals surface area contributed by atoms with Crippen LogP contribution in [0.1, 0.15) is 32.0 Å². The maximum absolute atomic E-state index is 12.8. The molecule has 0 saturated carbocycles. The SMILES string of the molecule is Cc1cc(Cl)cc(C(=O)O)c1NC(=O)c1cccc(OCc2ccc3ccccc3n2)c1. The van der Waals surface area contributed by atoms with Crippen molar-refractivity contribution in [1.29, 1.82) is 0 Å². The van der Waals surface area contributed by atoms with Crippen LogP contribution in [-0.2, 0) is 6.61 Å². The molecule has 0 bridgehead atoms. The minimum Gasteiger partial charge on any atom is -0.487 e. The lowest BCUT2D eigenvalue weighted by Crippen LogP contribution is -2.16. The number of benzene rings is 3. The van der Waals surface area contributed by atoms with Gasteiger partial charge in [0, 0.05) is 16.0 Å². The predicted molar refractivity (Wildman–Crippen MR) is 124 cm³/mol. The van der Waals surface area contributed by atoms with Gasteiger partial charge in [0.1, 0.15) is 12.4 Å². The molecule has 1 amide bonds. The molecule has 0 aliphatic rings. The number of nitrogens with one attached hydrogen (secondary N) is 1. The molecular formula is C25H19ClN2O4. The number of para-hydroxylation sites is 1. The second-order valence-corrected chi connectivity index (χ2v) is 7.65. The third kappa shape index (κ3) is 4.71.